The van der Waals surface area contributed by atoms with Crippen molar-refractivity contribution in [3.8, 4) is 0 Å². The fraction of sp³-hybridized carbons (Fsp3) is 0.583. The average molecular weight is 460 g/mol. The summed E-state index contributed by atoms with van der Waals surface area (Å²) in [5.41, 5.74) is -0.250. The Morgan fingerprint density at radius 2 is 1.94 bits per heavy atom. The molecule has 9 nitrogen and oxygen atoms in total. The van der Waals surface area contributed by atoms with Crippen molar-refractivity contribution in [2.75, 3.05) is 20.2 Å². The van der Waals surface area contributed by atoms with E-state index < -0.39 is 35.5 Å². The maximum atomic E-state index is 13.8. The second kappa shape index (κ2) is 10.8. The van der Waals surface area contributed by atoms with Gasteiger partial charge in [0.05, 0.1) is 13.2 Å². The van der Waals surface area contributed by atoms with Crippen LogP contribution in [0.4, 0.5) is 0 Å². The van der Waals surface area contributed by atoms with Gasteiger partial charge in [0.15, 0.2) is 6.04 Å². The number of rotatable bonds is 8. The van der Waals surface area contributed by atoms with E-state index in [1.54, 1.807) is 4.90 Å². The van der Waals surface area contributed by atoms with E-state index in [2.05, 4.69) is 10.6 Å². The average Bonchev–Trinajstić information content (AvgIpc) is 3.47. The number of carbonyl (C=O) groups excluding carboxylic acids is 4. The van der Waals surface area contributed by atoms with Crippen molar-refractivity contribution in [2.24, 2.45) is 0 Å². The van der Waals surface area contributed by atoms with Crippen molar-refractivity contribution in [3.05, 3.63) is 35.9 Å². The number of esters is 2. The first kappa shape index (κ1) is 24.7. The predicted molar refractivity (Wildman–Crippen MR) is 120 cm³/mol. The van der Waals surface area contributed by atoms with Crippen LogP contribution < -0.4 is 10.6 Å². The Labute approximate surface area is 194 Å². The van der Waals surface area contributed by atoms with Gasteiger partial charge in [-0.15, -0.1) is 0 Å². The van der Waals surface area contributed by atoms with Crippen molar-refractivity contribution < 1.29 is 28.7 Å². The van der Waals surface area contributed by atoms with E-state index in [0.29, 0.717) is 25.8 Å². The maximum Gasteiger partial charge on any atom is 0.332 e. The van der Waals surface area contributed by atoms with E-state index in [0.717, 1.165) is 24.9 Å². The first-order valence-electron chi connectivity index (χ1n) is 11.4. The lowest BCUT2D eigenvalue weighted by molar-refractivity contribution is -0.158. The molecule has 2 saturated heterocycles. The van der Waals surface area contributed by atoms with Gasteiger partial charge in [-0.1, -0.05) is 30.3 Å². The Bertz CT molecular complexity index is 870. The Balaban J connectivity index is 1.93. The number of benzene rings is 1. The van der Waals surface area contributed by atoms with Crippen molar-refractivity contribution >= 4 is 23.8 Å². The zero-order valence-electron chi connectivity index (χ0n) is 19.5. The van der Waals surface area contributed by atoms with Crippen LogP contribution in [-0.2, 0) is 35.1 Å². The summed E-state index contributed by atoms with van der Waals surface area (Å²) in [6, 6.07) is 8.00. The van der Waals surface area contributed by atoms with Crippen LogP contribution >= 0.6 is 0 Å². The number of likely N-dealkylation sites (tertiary alicyclic amines) is 1. The zero-order valence-corrected chi connectivity index (χ0v) is 19.5. The summed E-state index contributed by atoms with van der Waals surface area (Å²) in [5, 5.41) is 5.97. The molecule has 1 aromatic rings. The molecule has 0 aliphatic carbocycles. The standard InChI is InChI=1S/C24H33N3O6/c1-16(33-17(2)28)20(22(30)32-3)26-23(31)24(15-18-9-5-4-6-10-18)12-8-14-27(24)21(29)19-11-7-13-25-19/h4-6,9-10,16,19-20,25H,7-8,11-15H2,1-3H3,(H,26,31)/t16-,19+,20-,24-/m1/s1. The summed E-state index contributed by atoms with van der Waals surface area (Å²) in [5.74, 6) is -1.85. The summed E-state index contributed by atoms with van der Waals surface area (Å²) >= 11 is 0. The summed E-state index contributed by atoms with van der Waals surface area (Å²) in [7, 11) is 1.21. The van der Waals surface area contributed by atoms with Gasteiger partial charge in [-0.05, 0) is 44.7 Å². The Kier molecular flexibility index (Phi) is 8.07. The third kappa shape index (κ3) is 5.52. The summed E-state index contributed by atoms with van der Waals surface area (Å²) in [4.78, 5) is 52.9. The first-order chi connectivity index (χ1) is 15.8. The largest absolute Gasteiger partial charge is 0.467 e. The molecule has 2 N–H and O–H groups in total. The van der Waals surface area contributed by atoms with Crippen LogP contribution in [0.25, 0.3) is 0 Å². The molecule has 0 spiro atoms. The monoisotopic (exact) mass is 459 g/mol. The van der Waals surface area contributed by atoms with Gasteiger partial charge in [-0.3, -0.25) is 14.4 Å². The zero-order chi connectivity index (χ0) is 24.0. The molecule has 2 fully saturated rings. The van der Waals surface area contributed by atoms with E-state index in [1.165, 1.54) is 21.0 Å². The molecule has 1 aromatic carbocycles. The van der Waals surface area contributed by atoms with Gasteiger partial charge in [0.2, 0.25) is 11.8 Å². The molecule has 4 atom stereocenters. The minimum atomic E-state index is -1.19. The predicted octanol–water partition coefficient (Wildman–Crippen LogP) is 0.952. The van der Waals surface area contributed by atoms with Crippen molar-refractivity contribution in [2.45, 2.75) is 69.7 Å². The van der Waals surface area contributed by atoms with Gasteiger partial charge in [-0.25, -0.2) is 4.79 Å². The molecule has 3 rings (SSSR count). The minimum Gasteiger partial charge on any atom is -0.467 e. The summed E-state index contributed by atoms with van der Waals surface area (Å²) in [6.07, 6.45) is 2.14. The molecular formula is C24H33N3O6. The Morgan fingerprint density at radius 3 is 2.55 bits per heavy atom. The number of ether oxygens (including phenoxy) is 2. The van der Waals surface area contributed by atoms with Crippen molar-refractivity contribution in [1.29, 1.82) is 0 Å². The van der Waals surface area contributed by atoms with E-state index in [4.69, 9.17) is 9.47 Å². The molecule has 0 bridgehead atoms. The summed E-state index contributed by atoms with van der Waals surface area (Å²) < 4.78 is 10.0. The molecule has 0 aromatic heterocycles. The molecule has 0 saturated carbocycles. The third-order valence-corrected chi connectivity index (χ3v) is 6.44. The molecule has 2 heterocycles. The van der Waals surface area contributed by atoms with Crippen LogP contribution in [0.15, 0.2) is 30.3 Å². The minimum absolute atomic E-state index is 0.0984. The number of amides is 2. The third-order valence-electron chi connectivity index (χ3n) is 6.44. The van der Waals surface area contributed by atoms with Crippen LogP contribution in [0.3, 0.4) is 0 Å². The van der Waals surface area contributed by atoms with E-state index >= 15 is 0 Å². The first-order valence-corrected chi connectivity index (χ1v) is 11.4. The van der Waals surface area contributed by atoms with Gasteiger partial charge in [0.1, 0.15) is 11.6 Å². The quantitative estimate of drug-likeness (QED) is 0.557. The normalized spacial score (nSPS) is 24.1. The maximum absolute atomic E-state index is 13.8. The highest BCUT2D eigenvalue weighted by Crippen LogP contribution is 2.35. The number of carbonyl (C=O) groups is 4. The van der Waals surface area contributed by atoms with Crippen LogP contribution in [-0.4, -0.2) is 72.6 Å². The highest BCUT2D eigenvalue weighted by molar-refractivity contribution is 5.96. The van der Waals surface area contributed by atoms with Crippen molar-refractivity contribution in [1.82, 2.24) is 15.5 Å². The van der Waals surface area contributed by atoms with Gasteiger partial charge in [-0.2, -0.15) is 0 Å². The molecule has 0 unspecified atom stereocenters. The molecule has 180 valence electrons. The molecule has 9 heteroatoms. The fourth-order valence-corrected chi connectivity index (χ4v) is 4.82. The SMILES string of the molecule is COC(=O)[C@H](NC(=O)[C@]1(Cc2ccccc2)CCCN1C(=O)[C@@H]1CCCN1)[C@@H](C)OC(C)=O. The van der Waals surface area contributed by atoms with Crippen LogP contribution in [0.5, 0.6) is 0 Å². The number of hydrogen-bond donors (Lipinski definition) is 2. The molecule has 2 aliphatic heterocycles. The number of nitrogens with one attached hydrogen (secondary N) is 2. The molecule has 2 amide bonds. The van der Waals surface area contributed by atoms with Crippen molar-refractivity contribution in [3.63, 3.8) is 0 Å². The van der Waals surface area contributed by atoms with Gasteiger partial charge >= 0.3 is 11.9 Å². The van der Waals surface area contributed by atoms with E-state index in [1.807, 2.05) is 30.3 Å². The second-order valence-electron chi connectivity index (χ2n) is 8.73. The van der Waals surface area contributed by atoms with Crippen LogP contribution in [0.2, 0.25) is 0 Å². The van der Waals surface area contributed by atoms with Gasteiger partial charge < -0.3 is 25.0 Å². The lowest BCUT2D eigenvalue weighted by Gasteiger charge is -2.39. The smallest absolute Gasteiger partial charge is 0.332 e. The van der Waals surface area contributed by atoms with E-state index in [9.17, 15) is 19.2 Å². The van der Waals surface area contributed by atoms with Crippen LogP contribution in [0, 0.1) is 0 Å². The molecular weight excluding hydrogens is 426 g/mol. The van der Waals surface area contributed by atoms with E-state index in [-0.39, 0.29) is 11.9 Å². The fourth-order valence-electron chi connectivity index (χ4n) is 4.82. The Morgan fingerprint density at radius 1 is 1.21 bits per heavy atom. The highest BCUT2D eigenvalue weighted by Gasteiger charge is 2.52. The molecule has 33 heavy (non-hydrogen) atoms. The number of hydrogen-bond acceptors (Lipinski definition) is 7. The Hall–Kier alpha value is -2.94. The molecule has 0 radical (unpaired) electrons. The van der Waals surface area contributed by atoms with Crippen LogP contribution in [0.1, 0.15) is 45.1 Å². The number of nitrogens with zero attached hydrogens (tertiary/aromatic N) is 1. The second-order valence-corrected chi connectivity index (χ2v) is 8.73. The van der Waals surface area contributed by atoms with Gasteiger partial charge in [0, 0.05) is 19.9 Å². The highest BCUT2D eigenvalue weighted by atomic mass is 16.6. The lowest BCUT2D eigenvalue weighted by atomic mass is 9.86. The van der Waals surface area contributed by atoms with Gasteiger partial charge in [0.25, 0.3) is 0 Å². The molecule has 2 aliphatic rings. The topological polar surface area (TPSA) is 114 Å². The summed E-state index contributed by atoms with van der Waals surface area (Å²) in [6.45, 7) is 3.98. The number of methoxy groups -OCH3 is 1. The lowest BCUT2D eigenvalue weighted by Crippen LogP contribution is -2.64.